The first kappa shape index (κ1) is 48.6. The number of allylic oxidation sites excluding steroid dienone is 2. The molecule has 0 saturated heterocycles. The fourth-order valence-electron chi connectivity index (χ4n) is 6.62. The second kappa shape index (κ2) is 40.4. The van der Waals surface area contributed by atoms with E-state index >= 15 is 0 Å². The molecule has 0 aliphatic heterocycles. The normalized spacial score (nSPS) is 12.8. The van der Waals surface area contributed by atoms with Gasteiger partial charge in [-0.1, -0.05) is 187 Å². The van der Waals surface area contributed by atoms with Crippen LogP contribution in [0, 0.1) is 0 Å². The highest BCUT2D eigenvalue weighted by Gasteiger charge is 2.20. The summed E-state index contributed by atoms with van der Waals surface area (Å²) in [6, 6.07) is -0.548. The highest BCUT2D eigenvalue weighted by atomic mass is 16.5. The molecule has 1 amide bonds. The zero-order chi connectivity index (χ0) is 36.6. The monoisotopic (exact) mass is 708 g/mol. The van der Waals surface area contributed by atoms with Crippen molar-refractivity contribution in [2.75, 3.05) is 13.2 Å². The number of carbonyl (C=O) groups excluding carboxylic acids is 2. The number of esters is 1. The Labute approximate surface area is 310 Å². The first-order valence-electron chi connectivity index (χ1n) is 21.9. The van der Waals surface area contributed by atoms with Crippen molar-refractivity contribution in [1.29, 1.82) is 0 Å². The van der Waals surface area contributed by atoms with E-state index < -0.39 is 12.1 Å². The summed E-state index contributed by atoms with van der Waals surface area (Å²) in [5, 5.41) is 23.0. The number of amides is 1. The van der Waals surface area contributed by atoms with E-state index in [4.69, 9.17) is 4.74 Å². The number of nitrogens with one attached hydrogen (secondary N) is 1. The molecule has 0 aliphatic carbocycles. The molecule has 0 fully saturated rings. The van der Waals surface area contributed by atoms with Gasteiger partial charge in [0.2, 0.25) is 5.91 Å². The molecule has 0 radical (unpaired) electrons. The Morgan fingerprint density at radius 1 is 0.540 bits per heavy atom. The average Bonchev–Trinajstić information content (AvgIpc) is 3.11. The molecule has 0 saturated carbocycles. The lowest BCUT2D eigenvalue weighted by Gasteiger charge is -2.22. The van der Waals surface area contributed by atoms with Gasteiger partial charge < -0.3 is 20.3 Å². The van der Waals surface area contributed by atoms with Crippen LogP contribution >= 0.6 is 0 Å². The third kappa shape index (κ3) is 36.4. The lowest BCUT2D eigenvalue weighted by molar-refractivity contribution is -0.143. The molecule has 0 aromatic heterocycles. The predicted octanol–water partition coefficient (Wildman–Crippen LogP) is 12.2. The zero-order valence-corrected chi connectivity index (χ0v) is 33.4. The molecule has 6 nitrogen and oxygen atoms in total. The highest BCUT2D eigenvalue weighted by Crippen LogP contribution is 2.15. The Balaban J connectivity index is 3.45. The first-order valence-corrected chi connectivity index (χ1v) is 21.9. The van der Waals surface area contributed by atoms with Gasteiger partial charge in [-0.15, -0.1) is 0 Å². The van der Waals surface area contributed by atoms with Crippen LogP contribution in [0.1, 0.15) is 232 Å². The number of aliphatic hydroxyl groups is 2. The van der Waals surface area contributed by atoms with E-state index in [9.17, 15) is 19.8 Å². The number of rotatable bonds is 40. The summed E-state index contributed by atoms with van der Waals surface area (Å²) >= 11 is 0. The molecule has 296 valence electrons. The van der Waals surface area contributed by atoms with Crippen molar-refractivity contribution < 1.29 is 24.5 Å². The minimum Gasteiger partial charge on any atom is -0.466 e. The molecular weight excluding hydrogens is 622 g/mol. The summed E-state index contributed by atoms with van der Waals surface area (Å²) in [6.45, 7) is 4.85. The Bertz CT molecular complexity index is 742. The molecule has 50 heavy (non-hydrogen) atoms. The van der Waals surface area contributed by atoms with Crippen LogP contribution in [0.4, 0.5) is 0 Å². The molecule has 0 aliphatic rings. The van der Waals surface area contributed by atoms with Crippen LogP contribution < -0.4 is 5.32 Å². The van der Waals surface area contributed by atoms with Crippen LogP contribution in [-0.2, 0) is 14.3 Å². The van der Waals surface area contributed by atoms with E-state index in [2.05, 4.69) is 31.3 Å². The maximum Gasteiger partial charge on any atom is 0.305 e. The van der Waals surface area contributed by atoms with Gasteiger partial charge in [0.1, 0.15) is 0 Å². The quantitative estimate of drug-likeness (QED) is 0.0335. The zero-order valence-electron chi connectivity index (χ0n) is 33.4. The second-order valence-corrected chi connectivity index (χ2v) is 15.0. The van der Waals surface area contributed by atoms with Gasteiger partial charge in [0, 0.05) is 12.8 Å². The molecular formula is C44H85NO5. The highest BCUT2D eigenvalue weighted by molar-refractivity contribution is 5.76. The van der Waals surface area contributed by atoms with Gasteiger partial charge in [-0.2, -0.15) is 0 Å². The number of aliphatic hydroxyl groups excluding tert-OH is 2. The van der Waals surface area contributed by atoms with E-state index in [0.29, 0.717) is 25.9 Å². The number of unbranched alkanes of at least 4 members (excludes halogenated alkanes) is 27. The van der Waals surface area contributed by atoms with Crippen LogP contribution in [0.5, 0.6) is 0 Å². The van der Waals surface area contributed by atoms with Crippen molar-refractivity contribution in [3.8, 4) is 0 Å². The van der Waals surface area contributed by atoms with E-state index in [1.165, 1.54) is 148 Å². The Kier molecular flexibility index (Phi) is 39.2. The van der Waals surface area contributed by atoms with E-state index in [1.807, 2.05) is 0 Å². The largest absolute Gasteiger partial charge is 0.466 e. The summed E-state index contributed by atoms with van der Waals surface area (Å²) in [5.41, 5.74) is 0. The van der Waals surface area contributed by atoms with Crippen molar-refractivity contribution in [3.05, 3.63) is 12.2 Å². The molecule has 2 atom stereocenters. The van der Waals surface area contributed by atoms with Crippen molar-refractivity contribution in [2.24, 2.45) is 0 Å². The number of hydrogen-bond donors (Lipinski definition) is 3. The molecule has 6 heteroatoms. The fourth-order valence-corrected chi connectivity index (χ4v) is 6.62. The van der Waals surface area contributed by atoms with Crippen LogP contribution in [0.15, 0.2) is 12.2 Å². The van der Waals surface area contributed by atoms with Crippen LogP contribution in [-0.4, -0.2) is 47.4 Å². The molecule has 0 spiro atoms. The summed E-state index contributed by atoms with van der Waals surface area (Å²) in [5.74, 6) is -0.0687. The van der Waals surface area contributed by atoms with Gasteiger partial charge in [-0.05, 0) is 44.9 Å². The van der Waals surface area contributed by atoms with Gasteiger partial charge in [0.25, 0.3) is 0 Å². The number of hydrogen-bond acceptors (Lipinski definition) is 5. The van der Waals surface area contributed by atoms with Gasteiger partial charge in [-0.25, -0.2) is 0 Å². The average molecular weight is 708 g/mol. The van der Waals surface area contributed by atoms with Crippen LogP contribution in [0.3, 0.4) is 0 Å². The minimum absolute atomic E-state index is 0.0173. The van der Waals surface area contributed by atoms with Gasteiger partial charge in [0.15, 0.2) is 0 Å². The molecule has 0 aromatic carbocycles. The second-order valence-electron chi connectivity index (χ2n) is 15.0. The molecule has 0 heterocycles. The summed E-state index contributed by atoms with van der Waals surface area (Å²) in [6.07, 6.45) is 43.1. The fraction of sp³-hybridized carbons (Fsp3) is 0.909. The van der Waals surface area contributed by atoms with Crippen LogP contribution in [0.25, 0.3) is 0 Å². The smallest absolute Gasteiger partial charge is 0.305 e. The van der Waals surface area contributed by atoms with Crippen molar-refractivity contribution >= 4 is 11.9 Å². The van der Waals surface area contributed by atoms with Crippen molar-refractivity contribution in [2.45, 2.75) is 244 Å². The third-order valence-corrected chi connectivity index (χ3v) is 10.1. The maximum absolute atomic E-state index is 12.3. The molecule has 0 bridgehead atoms. The number of ether oxygens (including phenoxy) is 1. The lowest BCUT2D eigenvalue weighted by Crippen LogP contribution is -2.45. The van der Waals surface area contributed by atoms with E-state index in [-0.39, 0.29) is 18.5 Å². The Hall–Kier alpha value is -1.40. The predicted molar refractivity (Wildman–Crippen MR) is 213 cm³/mol. The molecule has 3 N–H and O–H groups in total. The van der Waals surface area contributed by atoms with Gasteiger partial charge >= 0.3 is 5.97 Å². The Morgan fingerprint density at radius 2 is 0.960 bits per heavy atom. The van der Waals surface area contributed by atoms with E-state index in [0.717, 1.165) is 51.4 Å². The molecule has 0 rings (SSSR count). The van der Waals surface area contributed by atoms with Gasteiger partial charge in [-0.3, -0.25) is 9.59 Å². The maximum atomic E-state index is 12.3. The topological polar surface area (TPSA) is 95.9 Å². The third-order valence-electron chi connectivity index (χ3n) is 10.1. The van der Waals surface area contributed by atoms with Crippen molar-refractivity contribution in [1.82, 2.24) is 5.32 Å². The van der Waals surface area contributed by atoms with Gasteiger partial charge in [0.05, 0.1) is 25.4 Å². The Morgan fingerprint density at radius 3 is 1.48 bits per heavy atom. The standard InChI is InChI=1S/C44H85NO5/c1-3-5-7-9-11-13-17-22-26-30-34-38-44(49)50-39-35-31-27-23-19-16-14-15-18-21-25-29-33-37-43(48)45-41(40-46)42(47)36-32-28-24-20-12-10-8-6-4-2/h9,11,41-42,46-47H,3-8,10,12-40H2,1-2H3,(H,45,48)/b11-9-. The SMILES string of the molecule is CCCC/C=C\CCCCCCCC(=O)OCCCCCCCCCCCCCCCC(=O)NC(CO)C(O)CCCCCCCCCCC. The summed E-state index contributed by atoms with van der Waals surface area (Å²) in [7, 11) is 0. The minimum atomic E-state index is -0.669. The number of carbonyl (C=O) groups is 2. The van der Waals surface area contributed by atoms with Crippen molar-refractivity contribution in [3.63, 3.8) is 0 Å². The summed E-state index contributed by atoms with van der Waals surface area (Å²) in [4.78, 5) is 24.3. The summed E-state index contributed by atoms with van der Waals surface area (Å²) < 4.78 is 5.42. The first-order chi connectivity index (χ1) is 24.5. The van der Waals surface area contributed by atoms with Crippen LogP contribution in [0.2, 0.25) is 0 Å². The van der Waals surface area contributed by atoms with E-state index in [1.54, 1.807) is 0 Å². The molecule has 2 unspecified atom stereocenters. The molecule has 0 aromatic rings. The lowest BCUT2D eigenvalue weighted by atomic mass is 10.0.